The first-order valence-corrected chi connectivity index (χ1v) is 8.69. The fourth-order valence-corrected chi connectivity index (χ4v) is 4.61. The molecular formula is C16H17Si. The molecule has 0 N–H and O–H groups in total. The summed E-state index contributed by atoms with van der Waals surface area (Å²) in [5.74, 6) is 0.510. The fraction of sp³-hybridized carbons (Fsp3) is 0.250. The lowest BCUT2D eigenvalue weighted by molar-refractivity contribution is 1.05. The fourth-order valence-electron chi connectivity index (χ4n) is 2.98. The Morgan fingerprint density at radius 3 is 2.71 bits per heavy atom. The molecule has 0 saturated carbocycles. The van der Waals surface area contributed by atoms with Gasteiger partial charge in [0.05, 0.1) is 8.80 Å². The molecule has 3 rings (SSSR count). The summed E-state index contributed by atoms with van der Waals surface area (Å²) < 4.78 is 0. The van der Waals surface area contributed by atoms with E-state index in [0.717, 1.165) is 0 Å². The number of aryl methyl sites for hydroxylation is 1. The van der Waals surface area contributed by atoms with Gasteiger partial charge in [0.15, 0.2) is 0 Å². The van der Waals surface area contributed by atoms with E-state index in [1.165, 1.54) is 22.3 Å². The van der Waals surface area contributed by atoms with Gasteiger partial charge in [0.25, 0.3) is 0 Å². The topological polar surface area (TPSA) is 0 Å². The molecule has 1 aromatic rings. The van der Waals surface area contributed by atoms with Gasteiger partial charge in [0.2, 0.25) is 0 Å². The van der Waals surface area contributed by atoms with E-state index in [-0.39, 0.29) is 0 Å². The number of hydrogen-bond donors (Lipinski definition) is 0. The largest absolute Gasteiger partial charge is 0.0803 e. The van der Waals surface area contributed by atoms with Gasteiger partial charge in [-0.1, -0.05) is 66.4 Å². The zero-order valence-corrected chi connectivity index (χ0v) is 11.6. The Kier molecular flexibility index (Phi) is 2.44. The van der Waals surface area contributed by atoms with Crippen LogP contribution in [0.15, 0.2) is 42.0 Å². The van der Waals surface area contributed by atoms with Crippen molar-refractivity contribution in [3.63, 3.8) is 0 Å². The van der Waals surface area contributed by atoms with Crippen LogP contribution in [-0.2, 0) is 0 Å². The summed E-state index contributed by atoms with van der Waals surface area (Å²) in [5, 5.41) is 1.62. The molecule has 1 heteroatoms. The standard InChI is InChI=1S/C16H17Si/c1-11-8-9-14-13-7-5-4-6-12(13)10-15(14)16(11)17(2)3/h4-10,13H,1-3H3. The predicted octanol–water partition coefficient (Wildman–Crippen LogP) is 3.56. The van der Waals surface area contributed by atoms with Crippen molar-refractivity contribution in [2.75, 3.05) is 0 Å². The molecule has 2 aliphatic carbocycles. The van der Waals surface area contributed by atoms with Gasteiger partial charge in [0, 0.05) is 5.92 Å². The van der Waals surface area contributed by atoms with E-state index in [2.05, 4.69) is 62.5 Å². The van der Waals surface area contributed by atoms with Crippen LogP contribution in [0.25, 0.3) is 6.08 Å². The van der Waals surface area contributed by atoms with E-state index >= 15 is 0 Å². The van der Waals surface area contributed by atoms with Crippen LogP contribution in [-0.4, -0.2) is 8.80 Å². The molecule has 0 aliphatic heterocycles. The molecule has 1 radical (unpaired) electrons. The van der Waals surface area contributed by atoms with Crippen molar-refractivity contribution in [1.29, 1.82) is 0 Å². The molecule has 0 aromatic heterocycles. The van der Waals surface area contributed by atoms with Gasteiger partial charge >= 0.3 is 0 Å². The highest BCUT2D eigenvalue weighted by Crippen LogP contribution is 2.39. The lowest BCUT2D eigenvalue weighted by atomic mass is 9.92. The third-order valence-corrected chi connectivity index (χ3v) is 5.36. The van der Waals surface area contributed by atoms with Crippen molar-refractivity contribution in [2.45, 2.75) is 25.9 Å². The van der Waals surface area contributed by atoms with Crippen LogP contribution < -0.4 is 5.19 Å². The Morgan fingerprint density at radius 1 is 1.12 bits per heavy atom. The maximum absolute atomic E-state index is 2.40. The molecule has 0 nitrogen and oxygen atoms in total. The minimum atomic E-state index is -0.401. The summed E-state index contributed by atoms with van der Waals surface area (Å²) in [6, 6.07) is 4.62. The van der Waals surface area contributed by atoms with Gasteiger partial charge in [-0.2, -0.15) is 0 Å². The maximum Gasteiger partial charge on any atom is 0.0803 e. The Bertz CT molecular complexity index is 559. The number of hydrogen-bond acceptors (Lipinski definition) is 0. The second-order valence-electron chi connectivity index (χ2n) is 5.13. The number of rotatable bonds is 1. The SMILES string of the molecule is Cc1ccc2c(c1[Si](C)C)C=C1C=CC=CC12. The minimum absolute atomic E-state index is 0.401. The molecule has 1 aromatic carbocycles. The molecular weight excluding hydrogens is 220 g/mol. The summed E-state index contributed by atoms with van der Waals surface area (Å²) >= 11 is 0. The highest BCUT2D eigenvalue weighted by Gasteiger charge is 2.26. The second kappa shape index (κ2) is 3.85. The first-order valence-electron chi connectivity index (χ1n) is 6.19. The molecule has 85 valence electrons. The van der Waals surface area contributed by atoms with Gasteiger partial charge in [0.1, 0.15) is 0 Å². The molecule has 0 amide bonds. The predicted molar refractivity (Wildman–Crippen MR) is 77.3 cm³/mol. The molecule has 0 heterocycles. The van der Waals surface area contributed by atoms with E-state index in [4.69, 9.17) is 0 Å². The minimum Gasteiger partial charge on any atom is -0.0726 e. The molecule has 0 saturated heterocycles. The van der Waals surface area contributed by atoms with Crippen molar-refractivity contribution in [1.82, 2.24) is 0 Å². The smallest absolute Gasteiger partial charge is 0.0726 e. The third-order valence-electron chi connectivity index (χ3n) is 3.70. The Balaban J connectivity index is 2.24. The molecule has 0 fully saturated rings. The van der Waals surface area contributed by atoms with Crippen molar-refractivity contribution < 1.29 is 0 Å². The number of fused-ring (bicyclic) bond motifs is 3. The molecule has 2 aliphatic rings. The van der Waals surface area contributed by atoms with Crippen LogP contribution in [0.3, 0.4) is 0 Å². The van der Waals surface area contributed by atoms with Gasteiger partial charge in [-0.15, -0.1) is 0 Å². The van der Waals surface area contributed by atoms with Gasteiger partial charge < -0.3 is 0 Å². The van der Waals surface area contributed by atoms with Crippen molar-refractivity contribution in [3.8, 4) is 0 Å². The van der Waals surface area contributed by atoms with E-state index in [1.807, 2.05) is 0 Å². The average molecular weight is 237 g/mol. The zero-order chi connectivity index (χ0) is 12.0. The van der Waals surface area contributed by atoms with E-state index in [1.54, 1.807) is 5.19 Å². The summed E-state index contributed by atoms with van der Waals surface area (Å²) in [5.41, 5.74) is 5.94. The van der Waals surface area contributed by atoms with E-state index in [9.17, 15) is 0 Å². The Morgan fingerprint density at radius 2 is 1.94 bits per heavy atom. The quantitative estimate of drug-likeness (QED) is 0.655. The molecule has 0 bridgehead atoms. The van der Waals surface area contributed by atoms with Gasteiger partial charge in [-0.3, -0.25) is 0 Å². The van der Waals surface area contributed by atoms with Crippen molar-refractivity contribution in [2.24, 2.45) is 0 Å². The van der Waals surface area contributed by atoms with Crippen LogP contribution in [0.5, 0.6) is 0 Å². The normalized spacial score (nSPS) is 20.5. The highest BCUT2D eigenvalue weighted by molar-refractivity contribution is 6.72. The summed E-state index contributed by atoms with van der Waals surface area (Å²) in [7, 11) is -0.401. The van der Waals surface area contributed by atoms with Crippen LogP contribution in [0.4, 0.5) is 0 Å². The van der Waals surface area contributed by atoms with Crippen LogP contribution in [0.1, 0.15) is 22.6 Å². The molecule has 0 spiro atoms. The first kappa shape index (κ1) is 10.8. The van der Waals surface area contributed by atoms with Crippen LogP contribution in [0.2, 0.25) is 13.1 Å². The van der Waals surface area contributed by atoms with Gasteiger partial charge in [-0.25, -0.2) is 0 Å². The molecule has 1 atom stereocenters. The first-order chi connectivity index (χ1) is 8.18. The van der Waals surface area contributed by atoms with Crippen molar-refractivity contribution >= 4 is 20.1 Å². The lowest BCUT2D eigenvalue weighted by Gasteiger charge is -2.16. The van der Waals surface area contributed by atoms with Gasteiger partial charge in [-0.05, 0) is 23.6 Å². The van der Waals surface area contributed by atoms with E-state index in [0.29, 0.717) is 5.92 Å². The highest BCUT2D eigenvalue weighted by atomic mass is 28.3. The van der Waals surface area contributed by atoms with Crippen LogP contribution in [0, 0.1) is 6.92 Å². The van der Waals surface area contributed by atoms with Crippen LogP contribution >= 0.6 is 0 Å². The number of benzene rings is 1. The third kappa shape index (κ3) is 1.57. The lowest BCUT2D eigenvalue weighted by Crippen LogP contribution is -2.28. The summed E-state index contributed by atoms with van der Waals surface area (Å²) in [6.45, 7) is 7.03. The summed E-state index contributed by atoms with van der Waals surface area (Å²) in [4.78, 5) is 0. The van der Waals surface area contributed by atoms with E-state index < -0.39 is 8.80 Å². The summed E-state index contributed by atoms with van der Waals surface area (Å²) in [6.07, 6.45) is 11.3. The van der Waals surface area contributed by atoms with Crippen molar-refractivity contribution in [3.05, 3.63) is 58.7 Å². The number of allylic oxidation sites excluding steroid dienone is 5. The second-order valence-corrected chi connectivity index (χ2v) is 7.63. The molecule has 1 unspecified atom stereocenters. The monoisotopic (exact) mass is 237 g/mol. The zero-order valence-electron chi connectivity index (χ0n) is 10.6. The average Bonchev–Trinajstić information content (AvgIpc) is 2.66. The molecule has 17 heavy (non-hydrogen) atoms. The maximum atomic E-state index is 2.40. The Labute approximate surface area is 105 Å². The Hall–Kier alpha value is -1.34.